The Morgan fingerprint density at radius 3 is 2.70 bits per heavy atom. The number of benzene rings is 2. The highest BCUT2D eigenvalue weighted by Crippen LogP contribution is 2.33. The van der Waals surface area contributed by atoms with E-state index in [0.29, 0.717) is 22.7 Å². The van der Waals surface area contributed by atoms with Crippen LogP contribution in [0.1, 0.15) is 23.5 Å². The smallest absolute Gasteiger partial charge is 0.257 e. The number of amides is 1. The van der Waals surface area contributed by atoms with Gasteiger partial charge in [0, 0.05) is 54.5 Å². The van der Waals surface area contributed by atoms with Gasteiger partial charge in [-0.05, 0) is 66.6 Å². The number of hydrogen-bond donors (Lipinski definition) is 2. The van der Waals surface area contributed by atoms with Crippen molar-refractivity contribution in [2.45, 2.75) is 12.3 Å². The molecule has 0 spiro atoms. The number of anilines is 3. The fourth-order valence-corrected chi connectivity index (χ4v) is 4.14. The van der Waals surface area contributed by atoms with E-state index in [-0.39, 0.29) is 11.7 Å². The Morgan fingerprint density at radius 2 is 1.90 bits per heavy atom. The minimum absolute atomic E-state index is 0.237. The quantitative estimate of drug-likeness (QED) is 0.628. The first-order chi connectivity index (χ1) is 14.7. The maximum Gasteiger partial charge on any atom is 0.257 e. The lowest BCUT2D eigenvalue weighted by atomic mass is 10.00. The second-order valence-corrected chi connectivity index (χ2v) is 7.61. The molecule has 0 aliphatic carbocycles. The lowest BCUT2D eigenvalue weighted by Crippen LogP contribution is -2.19. The van der Waals surface area contributed by atoms with E-state index in [1.807, 2.05) is 24.5 Å². The van der Waals surface area contributed by atoms with Crippen molar-refractivity contribution in [3.05, 3.63) is 90.1 Å². The van der Waals surface area contributed by atoms with E-state index in [0.717, 1.165) is 25.2 Å². The Kier molecular flexibility index (Phi) is 4.67. The molecule has 1 saturated heterocycles. The van der Waals surface area contributed by atoms with Gasteiger partial charge in [-0.15, -0.1) is 0 Å². The molecule has 2 aliphatic rings. The zero-order valence-electron chi connectivity index (χ0n) is 16.3. The molecule has 30 heavy (non-hydrogen) atoms. The highest BCUT2D eigenvalue weighted by molar-refractivity contribution is 6.31. The molecular formula is C24H21FN4O. The zero-order valence-corrected chi connectivity index (χ0v) is 16.3. The molecule has 2 N–H and O–H groups in total. The van der Waals surface area contributed by atoms with Gasteiger partial charge in [0.15, 0.2) is 0 Å². The monoisotopic (exact) mass is 400 g/mol. The number of carbonyl (C=O) groups is 1. The van der Waals surface area contributed by atoms with E-state index in [4.69, 9.17) is 0 Å². The molecule has 1 aromatic heterocycles. The third-order valence-electron chi connectivity index (χ3n) is 5.75. The molecule has 3 aromatic rings. The van der Waals surface area contributed by atoms with Gasteiger partial charge in [0.2, 0.25) is 0 Å². The molecule has 2 aliphatic heterocycles. The summed E-state index contributed by atoms with van der Waals surface area (Å²) in [6.07, 6.45) is 6.51. The fraction of sp³-hybridized carbons (Fsp3) is 0.167. The Hall–Kier alpha value is -3.67. The third-order valence-corrected chi connectivity index (χ3v) is 5.75. The summed E-state index contributed by atoms with van der Waals surface area (Å²) in [5.41, 5.74) is 5.11. The van der Waals surface area contributed by atoms with Crippen LogP contribution in [0.2, 0.25) is 0 Å². The van der Waals surface area contributed by atoms with Gasteiger partial charge in [-0.3, -0.25) is 9.78 Å². The number of carbonyl (C=O) groups excluding carboxylic acids is 1. The second-order valence-electron chi connectivity index (χ2n) is 7.61. The van der Waals surface area contributed by atoms with Gasteiger partial charge in [-0.2, -0.15) is 0 Å². The predicted octanol–water partition coefficient (Wildman–Crippen LogP) is 4.62. The van der Waals surface area contributed by atoms with Gasteiger partial charge in [-0.1, -0.05) is 0 Å². The second kappa shape index (κ2) is 7.63. The maximum atomic E-state index is 13.4. The van der Waals surface area contributed by atoms with Crippen LogP contribution in [0.15, 0.2) is 73.2 Å². The molecule has 3 heterocycles. The van der Waals surface area contributed by atoms with Crippen LogP contribution < -0.4 is 15.5 Å². The van der Waals surface area contributed by atoms with E-state index in [1.54, 1.807) is 12.3 Å². The van der Waals surface area contributed by atoms with Gasteiger partial charge in [-0.25, -0.2) is 4.39 Å². The van der Waals surface area contributed by atoms with Gasteiger partial charge in [0.1, 0.15) is 5.82 Å². The summed E-state index contributed by atoms with van der Waals surface area (Å²) in [4.78, 5) is 18.7. The summed E-state index contributed by atoms with van der Waals surface area (Å²) in [5.74, 6) is -0.0767. The predicted molar refractivity (Wildman–Crippen MR) is 117 cm³/mol. The minimum Gasteiger partial charge on any atom is -0.371 e. The summed E-state index contributed by atoms with van der Waals surface area (Å²) in [6.45, 7) is 2.02. The van der Waals surface area contributed by atoms with Crippen molar-refractivity contribution in [2.24, 2.45) is 0 Å². The Labute approximate surface area is 174 Å². The summed E-state index contributed by atoms with van der Waals surface area (Å²) in [5, 5.41) is 5.87. The summed E-state index contributed by atoms with van der Waals surface area (Å²) >= 11 is 0. The lowest BCUT2D eigenvalue weighted by Gasteiger charge is -2.19. The molecule has 0 radical (unpaired) electrons. The molecule has 150 valence electrons. The minimum atomic E-state index is -0.369. The van der Waals surface area contributed by atoms with Crippen LogP contribution in [0.3, 0.4) is 0 Å². The van der Waals surface area contributed by atoms with Crippen molar-refractivity contribution < 1.29 is 9.18 Å². The Bertz CT molecular complexity index is 1110. The van der Waals surface area contributed by atoms with E-state index in [2.05, 4.69) is 44.8 Å². The number of nitrogens with zero attached hydrogens (tertiary/aromatic N) is 2. The molecule has 5 rings (SSSR count). The molecule has 1 unspecified atom stereocenters. The molecule has 0 saturated carbocycles. The molecule has 2 aromatic carbocycles. The highest BCUT2D eigenvalue weighted by Gasteiger charge is 2.25. The van der Waals surface area contributed by atoms with E-state index >= 15 is 0 Å². The van der Waals surface area contributed by atoms with Crippen molar-refractivity contribution in [2.75, 3.05) is 28.6 Å². The van der Waals surface area contributed by atoms with E-state index in [1.165, 1.54) is 23.4 Å². The largest absolute Gasteiger partial charge is 0.371 e. The fourth-order valence-electron chi connectivity index (χ4n) is 4.14. The number of halogens is 1. The molecule has 1 atom stereocenters. The molecule has 5 nitrogen and oxygen atoms in total. The Balaban J connectivity index is 1.26. The van der Waals surface area contributed by atoms with E-state index < -0.39 is 0 Å². The number of nitrogens with one attached hydrogen (secondary N) is 2. The topological polar surface area (TPSA) is 57.3 Å². The average Bonchev–Trinajstić information content (AvgIpc) is 3.37. The zero-order chi connectivity index (χ0) is 20.5. The van der Waals surface area contributed by atoms with Crippen molar-refractivity contribution in [3.8, 4) is 0 Å². The van der Waals surface area contributed by atoms with Crippen LogP contribution in [0.4, 0.5) is 21.5 Å². The van der Waals surface area contributed by atoms with Crippen LogP contribution in [-0.2, 0) is 4.79 Å². The van der Waals surface area contributed by atoms with Crippen LogP contribution in [0, 0.1) is 5.82 Å². The first-order valence-electron chi connectivity index (χ1n) is 10.0. The normalized spacial score (nSPS) is 19.1. The van der Waals surface area contributed by atoms with Gasteiger partial charge in [0.25, 0.3) is 5.91 Å². The highest BCUT2D eigenvalue weighted by atomic mass is 19.1. The average molecular weight is 400 g/mol. The molecular weight excluding hydrogens is 379 g/mol. The summed E-state index contributed by atoms with van der Waals surface area (Å²) in [6, 6.07) is 16.7. The van der Waals surface area contributed by atoms with E-state index in [9.17, 15) is 9.18 Å². The number of hydrogen-bond acceptors (Lipinski definition) is 4. The SMILES string of the molecule is O=C1Nc2cc(F)ccc2C1=CNc1ccc(N2CCC(c3ccncc3)C2)cc1. The lowest BCUT2D eigenvalue weighted by molar-refractivity contribution is -0.110. The van der Waals surface area contributed by atoms with Crippen molar-refractivity contribution in [3.63, 3.8) is 0 Å². The number of pyridine rings is 1. The van der Waals surface area contributed by atoms with Crippen LogP contribution in [0.5, 0.6) is 0 Å². The van der Waals surface area contributed by atoms with Crippen molar-refractivity contribution >= 4 is 28.5 Å². The first kappa shape index (κ1) is 18.4. The number of aromatic nitrogens is 1. The summed E-state index contributed by atoms with van der Waals surface area (Å²) < 4.78 is 13.4. The molecule has 1 fully saturated rings. The van der Waals surface area contributed by atoms with Gasteiger partial charge in [0.05, 0.1) is 11.3 Å². The summed E-state index contributed by atoms with van der Waals surface area (Å²) in [7, 11) is 0. The number of rotatable bonds is 4. The van der Waals surface area contributed by atoms with Crippen molar-refractivity contribution in [1.82, 2.24) is 4.98 Å². The van der Waals surface area contributed by atoms with Crippen LogP contribution in [-0.4, -0.2) is 24.0 Å². The van der Waals surface area contributed by atoms with Crippen LogP contribution >= 0.6 is 0 Å². The van der Waals surface area contributed by atoms with Crippen LogP contribution in [0.25, 0.3) is 5.57 Å². The molecule has 6 heteroatoms. The third kappa shape index (κ3) is 3.52. The van der Waals surface area contributed by atoms with Gasteiger partial charge < -0.3 is 15.5 Å². The molecule has 0 bridgehead atoms. The first-order valence-corrected chi connectivity index (χ1v) is 10.0. The van der Waals surface area contributed by atoms with Gasteiger partial charge >= 0.3 is 0 Å². The molecule has 1 amide bonds. The maximum absolute atomic E-state index is 13.4. The standard InChI is InChI=1S/C24H21FN4O/c25-18-1-6-21-22(24(30)28-23(21)13-18)14-27-19-2-4-20(5-3-19)29-12-9-17(15-29)16-7-10-26-11-8-16/h1-8,10-11,13-14,17,27H,9,12,15H2,(H,28,30). The number of fused-ring (bicyclic) bond motifs is 1. The Morgan fingerprint density at radius 1 is 1.10 bits per heavy atom. The van der Waals surface area contributed by atoms with Crippen molar-refractivity contribution in [1.29, 1.82) is 0 Å².